The van der Waals surface area contributed by atoms with Gasteiger partial charge in [-0.05, 0) is 0 Å². The molecule has 0 saturated carbocycles. The Balaban J connectivity index is 1.94. The number of benzene rings is 1. The van der Waals surface area contributed by atoms with E-state index in [1.54, 1.807) is 0 Å². The summed E-state index contributed by atoms with van der Waals surface area (Å²) < 4.78 is 1.36. The number of aromatic nitrogens is 4. The SMILES string of the molecule is c1ccc([Se]Cc2nn[nH]n2)cc1. The van der Waals surface area contributed by atoms with E-state index in [2.05, 4.69) is 32.8 Å². The molecule has 13 heavy (non-hydrogen) atoms. The predicted octanol–water partition coefficient (Wildman–Crippen LogP) is -0.271. The number of rotatable bonds is 3. The number of nitrogens with zero attached hydrogens (tertiary/aromatic N) is 3. The van der Waals surface area contributed by atoms with Gasteiger partial charge in [-0.2, -0.15) is 0 Å². The maximum absolute atomic E-state index is 3.90. The van der Waals surface area contributed by atoms with Crippen LogP contribution >= 0.6 is 0 Å². The monoisotopic (exact) mass is 240 g/mol. The molecule has 2 rings (SSSR count). The molecule has 0 saturated heterocycles. The van der Waals surface area contributed by atoms with Gasteiger partial charge in [0.1, 0.15) is 0 Å². The summed E-state index contributed by atoms with van der Waals surface area (Å²) in [6, 6.07) is 10.4. The van der Waals surface area contributed by atoms with Crippen LogP contribution in [0.5, 0.6) is 0 Å². The van der Waals surface area contributed by atoms with Crippen molar-refractivity contribution in [2.75, 3.05) is 0 Å². The van der Waals surface area contributed by atoms with Crippen molar-refractivity contribution in [3.8, 4) is 0 Å². The van der Waals surface area contributed by atoms with Crippen molar-refractivity contribution >= 4 is 19.4 Å². The average molecular weight is 239 g/mol. The predicted molar refractivity (Wildman–Crippen MR) is 49.7 cm³/mol. The van der Waals surface area contributed by atoms with E-state index in [0.717, 1.165) is 11.1 Å². The third kappa shape index (κ3) is 2.37. The molecule has 2 aromatic rings. The van der Waals surface area contributed by atoms with Gasteiger partial charge in [0.15, 0.2) is 0 Å². The zero-order chi connectivity index (χ0) is 8.93. The number of tetrazole rings is 1. The summed E-state index contributed by atoms with van der Waals surface area (Å²) in [5.41, 5.74) is 0. The molecule has 0 bridgehead atoms. The van der Waals surface area contributed by atoms with E-state index in [4.69, 9.17) is 0 Å². The Labute approximate surface area is 81.9 Å². The molecular formula is C8H8N4Se. The van der Waals surface area contributed by atoms with E-state index in [1.165, 1.54) is 4.46 Å². The molecule has 0 fully saturated rings. The van der Waals surface area contributed by atoms with Crippen LogP contribution in [0.3, 0.4) is 0 Å². The molecular weight excluding hydrogens is 231 g/mol. The van der Waals surface area contributed by atoms with Gasteiger partial charge in [0, 0.05) is 0 Å². The van der Waals surface area contributed by atoms with Crippen LogP contribution in [0.2, 0.25) is 0 Å². The van der Waals surface area contributed by atoms with Crippen molar-refractivity contribution < 1.29 is 0 Å². The average Bonchev–Trinajstić information content (AvgIpc) is 2.69. The molecule has 0 atom stereocenters. The third-order valence-corrected chi connectivity index (χ3v) is 3.62. The molecule has 1 N–H and O–H groups in total. The van der Waals surface area contributed by atoms with Crippen LogP contribution in [-0.2, 0) is 5.32 Å². The summed E-state index contributed by atoms with van der Waals surface area (Å²) in [4.78, 5) is 0. The van der Waals surface area contributed by atoms with Crippen molar-refractivity contribution in [3.63, 3.8) is 0 Å². The molecule has 1 heterocycles. The summed E-state index contributed by atoms with van der Waals surface area (Å²) in [5.74, 6) is 0.795. The van der Waals surface area contributed by atoms with E-state index in [1.807, 2.05) is 18.2 Å². The first-order valence-corrected chi connectivity index (χ1v) is 5.92. The van der Waals surface area contributed by atoms with Crippen molar-refractivity contribution in [3.05, 3.63) is 36.2 Å². The Morgan fingerprint density at radius 3 is 2.77 bits per heavy atom. The zero-order valence-corrected chi connectivity index (χ0v) is 8.56. The maximum atomic E-state index is 3.90. The van der Waals surface area contributed by atoms with E-state index in [9.17, 15) is 0 Å². The van der Waals surface area contributed by atoms with E-state index in [0.29, 0.717) is 15.0 Å². The van der Waals surface area contributed by atoms with Gasteiger partial charge in [0.25, 0.3) is 0 Å². The Hall–Kier alpha value is -1.19. The summed E-state index contributed by atoms with van der Waals surface area (Å²) in [6.45, 7) is 0. The second-order valence-electron chi connectivity index (χ2n) is 2.43. The Bertz CT molecular complexity index is 346. The van der Waals surface area contributed by atoms with Gasteiger partial charge in [0.05, 0.1) is 0 Å². The Morgan fingerprint density at radius 2 is 2.08 bits per heavy atom. The van der Waals surface area contributed by atoms with Gasteiger partial charge in [-0.15, -0.1) is 0 Å². The van der Waals surface area contributed by atoms with Crippen molar-refractivity contribution in [2.45, 2.75) is 5.32 Å². The Kier molecular flexibility index (Phi) is 2.69. The fourth-order valence-corrected chi connectivity index (χ4v) is 2.52. The molecule has 0 aliphatic heterocycles. The molecule has 0 aliphatic carbocycles. The second kappa shape index (κ2) is 4.16. The van der Waals surface area contributed by atoms with Crippen LogP contribution in [0.15, 0.2) is 30.3 Å². The molecule has 0 radical (unpaired) electrons. The first kappa shape index (κ1) is 8.41. The van der Waals surface area contributed by atoms with E-state index in [-0.39, 0.29) is 0 Å². The summed E-state index contributed by atoms with van der Waals surface area (Å²) >= 11 is 0.408. The van der Waals surface area contributed by atoms with Gasteiger partial charge < -0.3 is 0 Å². The first-order chi connectivity index (χ1) is 6.45. The minimum atomic E-state index is 0.408. The van der Waals surface area contributed by atoms with Gasteiger partial charge >= 0.3 is 81.5 Å². The van der Waals surface area contributed by atoms with Crippen LogP contribution in [0.1, 0.15) is 5.82 Å². The summed E-state index contributed by atoms with van der Waals surface area (Å²) in [7, 11) is 0. The number of H-pyrrole nitrogens is 1. The number of nitrogens with one attached hydrogen (secondary N) is 1. The molecule has 0 spiro atoms. The molecule has 1 aromatic carbocycles. The molecule has 0 unspecified atom stereocenters. The van der Waals surface area contributed by atoms with Gasteiger partial charge in [0.2, 0.25) is 0 Å². The fourth-order valence-electron chi connectivity index (χ4n) is 0.908. The summed E-state index contributed by atoms with van der Waals surface area (Å²) in [5, 5.41) is 14.6. The van der Waals surface area contributed by atoms with Crippen molar-refractivity contribution in [1.82, 2.24) is 20.6 Å². The molecule has 66 valence electrons. The third-order valence-electron chi connectivity index (χ3n) is 1.50. The fraction of sp³-hybridized carbons (Fsp3) is 0.125. The van der Waals surface area contributed by atoms with Crippen LogP contribution in [0, 0.1) is 0 Å². The summed E-state index contributed by atoms with van der Waals surface area (Å²) in [6.07, 6.45) is 0. The molecule has 0 aliphatic rings. The minimum absolute atomic E-state index is 0.408. The molecule has 4 nitrogen and oxygen atoms in total. The van der Waals surface area contributed by atoms with Gasteiger partial charge in [-0.1, -0.05) is 0 Å². The van der Waals surface area contributed by atoms with Crippen LogP contribution in [0.4, 0.5) is 0 Å². The molecule has 1 aromatic heterocycles. The zero-order valence-electron chi connectivity index (χ0n) is 6.84. The van der Waals surface area contributed by atoms with E-state index < -0.39 is 0 Å². The second-order valence-corrected chi connectivity index (χ2v) is 4.63. The number of hydrogen-bond acceptors (Lipinski definition) is 3. The van der Waals surface area contributed by atoms with Gasteiger partial charge in [-0.3, -0.25) is 0 Å². The molecule has 5 heteroatoms. The van der Waals surface area contributed by atoms with Gasteiger partial charge in [-0.25, -0.2) is 0 Å². The van der Waals surface area contributed by atoms with Crippen molar-refractivity contribution in [2.24, 2.45) is 0 Å². The van der Waals surface area contributed by atoms with Crippen LogP contribution in [-0.4, -0.2) is 35.6 Å². The first-order valence-electron chi connectivity index (χ1n) is 3.85. The van der Waals surface area contributed by atoms with Crippen LogP contribution in [0.25, 0.3) is 0 Å². The topological polar surface area (TPSA) is 54.5 Å². The Morgan fingerprint density at radius 1 is 1.23 bits per heavy atom. The number of aromatic amines is 1. The quantitative estimate of drug-likeness (QED) is 0.750. The number of hydrogen-bond donors (Lipinski definition) is 1. The normalized spacial score (nSPS) is 10.2. The standard InChI is InChI=1S/C8H8N4Se/c1-2-4-7(5-3-1)13-6-8-9-11-12-10-8/h1-5H,6H2,(H,9,10,11,12). The van der Waals surface area contributed by atoms with Crippen molar-refractivity contribution in [1.29, 1.82) is 0 Å². The van der Waals surface area contributed by atoms with Crippen LogP contribution < -0.4 is 4.46 Å². The molecule has 0 amide bonds. The van der Waals surface area contributed by atoms with E-state index >= 15 is 0 Å².